The molecular formula is C11H18F3NO. The quantitative estimate of drug-likeness (QED) is 0.798. The van der Waals surface area contributed by atoms with Crippen LogP contribution in [0.25, 0.3) is 0 Å². The Bertz CT molecular complexity index is 262. The van der Waals surface area contributed by atoms with Crippen molar-refractivity contribution in [2.24, 2.45) is 5.41 Å². The molecule has 94 valence electrons. The first kappa shape index (κ1) is 13.5. The van der Waals surface area contributed by atoms with Crippen molar-refractivity contribution in [3.8, 4) is 0 Å². The molecule has 3 atom stereocenters. The fraction of sp³-hybridized carbons (Fsp3) is 0.909. The van der Waals surface area contributed by atoms with Gasteiger partial charge in [0.15, 0.2) is 5.78 Å². The number of halogens is 3. The van der Waals surface area contributed by atoms with Gasteiger partial charge < -0.3 is 0 Å². The Labute approximate surface area is 93.6 Å². The molecule has 2 nitrogen and oxygen atoms in total. The van der Waals surface area contributed by atoms with Crippen LogP contribution >= 0.6 is 0 Å². The van der Waals surface area contributed by atoms with Crippen LogP contribution in [0.15, 0.2) is 0 Å². The zero-order chi connectivity index (χ0) is 12.5. The van der Waals surface area contributed by atoms with Gasteiger partial charge in [0, 0.05) is 5.41 Å². The molecule has 16 heavy (non-hydrogen) atoms. The standard InChI is InChI=1S/C11H18F3NO/c1-11(2,3)9(16)8-6(12)4-5-7(15-8)10(13)14/h6-8,10,15H,4-5H2,1-3H3. The normalized spacial score (nSPS) is 31.8. The van der Waals surface area contributed by atoms with Crippen molar-refractivity contribution < 1.29 is 18.0 Å². The molecule has 0 saturated carbocycles. The molecule has 5 heteroatoms. The molecule has 0 aromatic heterocycles. The summed E-state index contributed by atoms with van der Waals surface area (Å²) in [5.41, 5.74) is -0.716. The minimum Gasteiger partial charge on any atom is -0.297 e. The van der Waals surface area contributed by atoms with Crippen LogP contribution in [0, 0.1) is 5.41 Å². The molecule has 1 fully saturated rings. The van der Waals surface area contributed by atoms with E-state index in [2.05, 4.69) is 5.32 Å². The summed E-state index contributed by atoms with van der Waals surface area (Å²) >= 11 is 0. The molecule has 1 heterocycles. The summed E-state index contributed by atoms with van der Waals surface area (Å²) in [6.45, 7) is 4.99. The van der Waals surface area contributed by atoms with Crippen molar-refractivity contribution >= 4 is 5.78 Å². The molecule has 0 aromatic rings. The van der Waals surface area contributed by atoms with Gasteiger partial charge >= 0.3 is 0 Å². The molecule has 0 aliphatic carbocycles. The number of rotatable bonds is 2. The third kappa shape index (κ3) is 2.97. The molecule has 0 aromatic carbocycles. The van der Waals surface area contributed by atoms with Gasteiger partial charge in [0.1, 0.15) is 6.17 Å². The lowest BCUT2D eigenvalue weighted by atomic mass is 9.82. The fourth-order valence-corrected chi connectivity index (χ4v) is 1.83. The summed E-state index contributed by atoms with van der Waals surface area (Å²) in [7, 11) is 0. The molecule has 3 unspecified atom stereocenters. The number of hydrogen-bond donors (Lipinski definition) is 1. The average Bonchev–Trinajstić information content (AvgIpc) is 2.15. The smallest absolute Gasteiger partial charge is 0.253 e. The fourth-order valence-electron chi connectivity index (χ4n) is 1.83. The van der Waals surface area contributed by atoms with Gasteiger partial charge in [-0.2, -0.15) is 0 Å². The number of ketones is 1. The van der Waals surface area contributed by atoms with E-state index in [0.29, 0.717) is 0 Å². The molecule has 1 aliphatic heterocycles. The van der Waals surface area contributed by atoms with Crippen LogP contribution in [-0.4, -0.2) is 30.5 Å². The second kappa shape index (κ2) is 4.73. The van der Waals surface area contributed by atoms with Crippen molar-refractivity contribution in [1.82, 2.24) is 5.32 Å². The van der Waals surface area contributed by atoms with Gasteiger partial charge in [0.05, 0.1) is 12.1 Å². The maximum absolute atomic E-state index is 13.5. The highest BCUT2D eigenvalue weighted by atomic mass is 19.3. The largest absolute Gasteiger partial charge is 0.297 e. The zero-order valence-electron chi connectivity index (χ0n) is 9.77. The minimum absolute atomic E-state index is 0.0223. The van der Waals surface area contributed by atoms with E-state index < -0.39 is 30.1 Å². The molecule has 0 spiro atoms. The number of carbonyl (C=O) groups is 1. The highest BCUT2D eigenvalue weighted by Crippen LogP contribution is 2.26. The molecule has 1 aliphatic rings. The second-order valence-corrected chi connectivity index (χ2v) is 5.29. The lowest BCUT2D eigenvalue weighted by molar-refractivity contribution is -0.131. The Morgan fingerprint density at radius 1 is 1.31 bits per heavy atom. The number of alkyl halides is 3. The van der Waals surface area contributed by atoms with Crippen molar-refractivity contribution in [1.29, 1.82) is 0 Å². The van der Waals surface area contributed by atoms with Crippen LogP contribution < -0.4 is 5.32 Å². The van der Waals surface area contributed by atoms with Gasteiger partial charge in [0.25, 0.3) is 6.43 Å². The Balaban J connectivity index is 2.74. The second-order valence-electron chi connectivity index (χ2n) is 5.29. The number of nitrogens with one attached hydrogen (secondary N) is 1. The SMILES string of the molecule is CC(C)(C)C(=O)C1NC(C(F)F)CCC1F. The van der Waals surface area contributed by atoms with Crippen molar-refractivity contribution in [3.05, 3.63) is 0 Å². The number of hydrogen-bond acceptors (Lipinski definition) is 2. The van der Waals surface area contributed by atoms with Crippen LogP contribution in [0.3, 0.4) is 0 Å². The zero-order valence-corrected chi connectivity index (χ0v) is 9.77. The minimum atomic E-state index is -2.55. The third-order valence-corrected chi connectivity index (χ3v) is 2.83. The molecular weight excluding hydrogens is 219 g/mol. The van der Waals surface area contributed by atoms with Crippen LogP contribution in [0.5, 0.6) is 0 Å². The Morgan fingerprint density at radius 3 is 2.31 bits per heavy atom. The maximum Gasteiger partial charge on any atom is 0.253 e. The van der Waals surface area contributed by atoms with E-state index in [1.165, 1.54) is 0 Å². The topological polar surface area (TPSA) is 29.1 Å². The Kier molecular flexibility index (Phi) is 3.99. The highest BCUT2D eigenvalue weighted by Gasteiger charge is 2.41. The summed E-state index contributed by atoms with van der Waals surface area (Å²) in [4.78, 5) is 11.9. The van der Waals surface area contributed by atoms with E-state index in [9.17, 15) is 18.0 Å². The van der Waals surface area contributed by atoms with Crippen LogP contribution in [-0.2, 0) is 4.79 Å². The first-order valence-corrected chi connectivity index (χ1v) is 5.46. The molecule has 0 radical (unpaired) electrons. The number of Topliss-reactive ketones (excluding diaryl/α,β-unsaturated/α-hetero) is 1. The van der Waals surface area contributed by atoms with Gasteiger partial charge in [-0.15, -0.1) is 0 Å². The summed E-state index contributed by atoms with van der Waals surface area (Å²) in [6, 6.07) is -2.16. The Morgan fingerprint density at radius 2 is 1.88 bits per heavy atom. The first-order chi connectivity index (χ1) is 7.23. The van der Waals surface area contributed by atoms with Crippen LogP contribution in [0.4, 0.5) is 13.2 Å². The van der Waals surface area contributed by atoms with Crippen molar-refractivity contribution in [2.45, 2.75) is 58.3 Å². The molecule has 0 amide bonds. The predicted molar refractivity (Wildman–Crippen MR) is 55.3 cm³/mol. The number of carbonyl (C=O) groups excluding carboxylic acids is 1. The van der Waals surface area contributed by atoms with Gasteiger partial charge in [-0.3, -0.25) is 10.1 Å². The van der Waals surface area contributed by atoms with Crippen LogP contribution in [0.1, 0.15) is 33.6 Å². The highest BCUT2D eigenvalue weighted by molar-refractivity contribution is 5.89. The summed E-state index contributed by atoms with van der Waals surface area (Å²) in [6.07, 6.45) is -3.81. The van der Waals surface area contributed by atoms with Gasteiger partial charge in [0.2, 0.25) is 0 Å². The van der Waals surface area contributed by atoms with E-state index in [1.807, 2.05) is 0 Å². The van der Waals surface area contributed by atoms with Gasteiger partial charge in [-0.1, -0.05) is 20.8 Å². The van der Waals surface area contributed by atoms with Crippen molar-refractivity contribution in [3.63, 3.8) is 0 Å². The molecule has 1 N–H and O–H groups in total. The maximum atomic E-state index is 13.5. The summed E-state index contributed by atoms with van der Waals surface area (Å²) in [5, 5.41) is 2.43. The van der Waals surface area contributed by atoms with Crippen molar-refractivity contribution in [2.75, 3.05) is 0 Å². The van der Waals surface area contributed by atoms with E-state index >= 15 is 0 Å². The monoisotopic (exact) mass is 237 g/mol. The van der Waals surface area contributed by atoms with Gasteiger partial charge in [-0.25, -0.2) is 13.2 Å². The van der Waals surface area contributed by atoms with E-state index in [1.54, 1.807) is 20.8 Å². The Hall–Kier alpha value is -0.580. The lowest BCUT2D eigenvalue weighted by Gasteiger charge is -2.35. The van der Waals surface area contributed by atoms with E-state index in [-0.39, 0.29) is 18.6 Å². The summed E-state index contributed by atoms with van der Waals surface area (Å²) < 4.78 is 38.5. The molecule has 1 saturated heterocycles. The predicted octanol–water partition coefficient (Wildman–Crippen LogP) is 2.33. The lowest BCUT2D eigenvalue weighted by Crippen LogP contribution is -2.57. The van der Waals surface area contributed by atoms with Gasteiger partial charge in [-0.05, 0) is 12.8 Å². The van der Waals surface area contributed by atoms with E-state index in [0.717, 1.165) is 0 Å². The third-order valence-electron chi connectivity index (χ3n) is 2.83. The van der Waals surface area contributed by atoms with E-state index in [4.69, 9.17) is 0 Å². The number of piperidine rings is 1. The van der Waals surface area contributed by atoms with Crippen LogP contribution in [0.2, 0.25) is 0 Å². The average molecular weight is 237 g/mol. The molecule has 0 bridgehead atoms. The summed E-state index contributed by atoms with van der Waals surface area (Å²) in [5.74, 6) is -0.342. The first-order valence-electron chi connectivity index (χ1n) is 5.46. The molecule has 1 rings (SSSR count).